The van der Waals surface area contributed by atoms with Gasteiger partial charge in [-0.05, 0) is 42.8 Å². The molecule has 0 atom stereocenters. The van der Waals surface area contributed by atoms with Crippen molar-refractivity contribution < 1.29 is 13.2 Å². The Labute approximate surface area is 134 Å². The maximum absolute atomic E-state index is 12.8. The lowest BCUT2D eigenvalue weighted by Gasteiger charge is -2.08. The van der Waals surface area contributed by atoms with E-state index in [4.69, 9.17) is 0 Å². The average Bonchev–Trinajstić information content (AvgIpc) is 2.97. The average molecular weight is 325 g/mol. The SMILES string of the molecule is Cc1ccc(S(=O)(=O)n2ccc3ccc(C=CC=O)cc32)cc1. The number of hydrogen-bond donors (Lipinski definition) is 0. The minimum Gasteiger partial charge on any atom is -0.299 e. The van der Waals surface area contributed by atoms with Crippen LogP contribution in [0.3, 0.4) is 0 Å². The van der Waals surface area contributed by atoms with Gasteiger partial charge < -0.3 is 0 Å². The fourth-order valence-corrected chi connectivity index (χ4v) is 3.75. The second-order valence-electron chi connectivity index (χ2n) is 5.24. The van der Waals surface area contributed by atoms with Crippen LogP contribution in [0.2, 0.25) is 0 Å². The summed E-state index contributed by atoms with van der Waals surface area (Å²) in [5, 5.41) is 0.823. The van der Waals surface area contributed by atoms with Crippen LogP contribution >= 0.6 is 0 Å². The zero-order chi connectivity index (χ0) is 16.4. The van der Waals surface area contributed by atoms with Crippen LogP contribution in [0.25, 0.3) is 17.0 Å². The van der Waals surface area contributed by atoms with Gasteiger partial charge >= 0.3 is 0 Å². The fourth-order valence-electron chi connectivity index (χ4n) is 2.41. The lowest BCUT2D eigenvalue weighted by molar-refractivity contribution is -0.104. The fraction of sp³-hybridized carbons (Fsp3) is 0.0556. The summed E-state index contributed by atoms with van der Waals surface area (Å²) in [5.41, 5.74) is 2.35. The number of rotatable bonds is 4. The molecule has 0 spiro atoms. The summed E-state index contributed by atoms with van der Waals surface area (Å²) >= 11 is 0. The van der Waals surface area contributed by atoms with Crippen LogP contribution in [0.4, 0.5) is 0 Å². The predicted octanol–water partition coefficient (Wildman–Crippen LogP) is 3.40. The third-order valence-corrected chi connectivity index (χ3v) is 5.33. The zero-order valence-electron chi connectivity index (χ0n) is 12.5. The van der Waals surface area contributed by atoms with E-state index in [0.717, 1.165) is 16.5 Å². The lowest BCUT2D eigenvalue weighted by atomic mass is 10.1. The molecular formula is C18H15NO3S. The maximum Gasteiger partial charge on any atom is 0.268 e. The molecule has 0 bridgehead atoms. The molecule has 3 aromatic rings. The van der Waals surface area contributed by atoms with Crippen molar-refractivity contribution in [2.24, 2.45) is 0 Å². The van der Waals surface area contributed by atoms with Crippen molar-refractivity contribution >= 4 is 33.3 Å². The van der Waals surface area contributed by atoms with Gasteiger partial charge in [-0.2, -0.15) is 0 Å². The molecule has 0 fully saturated rings. The molecule has 23 heavy (non-hydrogen) atoms. The van der Waals surface area contributed by atoms with E-state index >= 15 is 0 Å². The van der Waals surface area contributed by atoms with E-state index in [9.17, 15) is 13.2 Å². The van der Waals surface area contributed by atoms with Crippen LogP contribution in [0, 0.1) is 6.92 Å². The molecular weight excluding hydrogens is 310 g/mol. The Balaban J connectivity index is 2.16. The van der Waals surface area contributed by atoms with E-state index in [1.165, 1.54) is 10.0 Å². The van der Waals surface area contributed by atoms with Crippen molar-refractivity contribution in [2.45, 2.75) is 11.8 Å². The highest BCUT2D eigenvalue weighted by Gasteiger charge is 2.18. The van der Waals surface area contributed by atoms with Gasteiger partial charge in [0.1, 0.15) is 6.29 Å². The number of aryl methyl sites for hydroxylation is 1. The number of carbonyl (C=O) groups is 1. The van der Waals surface area contributed by atoms with Gasteiger partial charge in [0.25, 0.3) is 10.0 Å². The molecule has 1 aromatic heterocycles. The van der Waals surface area contributed by atoms with Crippen LogP contribution in [0.15, 0.2) is 65.7 Å². The van der Waals surface area contributed by atoms with E-state index in [0.29, 0.717) is 11.8 Å². The number of carbonyl (C=O) groups excluding carboxylic acids is 1. The van der Waals surface area contributed by atoms with Gasteiger partial charge in [0.2, 0.25) is 0 Å². The molecule has 0 aliphatic rings. The number of aldehydes is 1. The van der Waals surface area contributed by atoms with Crippen molar-refractivity contribution in [1.82, 2.24) is 3.97 Å². The van der Waals surface area contributed by atoms with Crippen molar-refractivity contribution in [3.8, 4) is 0 Å². The van der Waals surface area contributed by atoms with E-state index in [1.807, 2.05) is 19.1 Å². The standard InChI is InChI=1S/C18H15NO3S/c1-14-4-8-17(9-5-14)23(21,22)19-11-10-16-7-6-15(3-2-12-20)13-18(16)19/h2-13H,1H3. The lowest BCUT2D eigenvalue weighted by Crippen LogP contribution is -2.11. The molecule has 1 heterocycles. The van der Waals surface area contributed by atoms with Crippen molar-refractivity contribution in [3.63, 3.8) is 0 Å². The van der Waals surface area contributed by atoms with Gasteiger partial charge in [0.05, 0.1) is 10.4 Å². The number of benzene rings is 2. The van der Waals surface area contributed by atoms with E-state index in [2.05, 4.69) is 0 Å². The topological polar surface area (TPSA) is 56.1 Å². The first-order valence-corrected chi connectivity index (χ1v) is 8.51. The normalized spacial score (nSPS) is 12.0. The Kier molecular flexibility index (Phi) is 3.88. The molecule has 116 valence electrons. The summed E-state index contributed by atoms with van der Waals surface area (Å²) in [6, 6.07) is 13.9. The molecule has 2 aromatic carbocycles. The van der Waals surface area contributed by atoms with Crippen LogP contribution in [0.1, 0.15) is 11.1 Å². The molecule has 0 unspecified atom stereocenters. The van der Waals surface area contributed by atoms with Gasteiger partial charge in [-0.15, -0.1) is 0 Å². The molecule has 4 nitrogen and oxygen atoms in total. The highest BCUT2D eigenvalue weighted by Crippen LogP contribution is 2.24. The molecule has 0 saturated heterocycles. The first-order chi connectivity index (χ1) is 11.0. The zero-order valence-corrected chi connectivity index (χ0v) is 13.3. The number of fused-ring (bicyclic) bond motifs is 1. The molecule has 0 radical (unpaired) electrons. The smallest absolute Gasteiger partial charge is 0.268 e. The van der Waals surface area contributed by atoms with Gasteiger partial charge in [0.15, 0.2) is 0 Å². The van der Waals surface area contributed by atoms with E-state index < -0.39 is 10.0 Å². The summed E-state index contributed by atoms with van der Waals surface area (Å²) < 4.78 is 26.9. The monoisotopic (exact) mass is 325 g/mol. The van der Waals surface area contributed by atoms with Gasteiger partial charge in [-0.1, -0.05) is 35.9 Å². The summed E-state index contributed by atoms with van der Waals surface area (Å²) in [5.74, 6) is 0. The number of allylic oxidation sites excluding steroid dienone is 1. The van der Waals surface area contributed by atoms with E-state index in [-0.39, 0.29) is 4.90 Å². The Morgan fingerprint density at radius 1 is 1.00 bits per heavy atom. The Morgan fingerprint density at radius 3 is 2.43 bits per heavy atom. The second-order valence-corrected chi connectivity index (χ2v) is 7.06. The number of nitrogens with zero attached hydrogens (tertiary/aromatic N) is 1. The summed E-state index contributed by atoms with van der Waals surface area (Å²) in [4.78, 5) is 10.7. The molecule has 0 aliphatic heterocycles. The highest BCUT2D eigenvalue weighted by atomic mass is 32.2. The van der Waals surface area contributed by atoms with Gasteiger partial charge in [-0.25, -0.2) is 12.4 Å². The van der Waals surface area contributed by atoms with Crippen molar-refractivity contribution in [1.29, 1.82) is 0 Å². The Hall–Kier alpha value is -2.66. The van der Waals surface area contributed by atoms with Crippen LogP contribution in [-0.2, 0) is 14.8 Å². The first kappa shape index (κ1) is 15.2. The predicted molar refractivity (Wildman–Crippen MR) is 90.8 cm³/mol. The van der Waals surface area contributed by atoms with Crippen LogP contribution in [-0.4, -0.2) is 18.7 Å². The molecule has 0 N–H and O–H groups in total. The summed E-state index contributed by atoms with van der Waals surface area (Å²) in [6.45, 7) is 1.91. The van der Waals surface area contributed by atoms with Crippen molar-refractivity contribution in [3.05, 3.63) is 71.9 Å². The Bertz CT molecular complexity index is 996. The number of aromatic nitrogens is 1. The highest BCUT2D eigenvalue weighted by molar-refractivity contribution is 7.90. The molecule has 3 rings (SSSR count). The second kappa shape index (κ2) is 5.85. The molecule has 0 saturated carbocycles. The maximum atomic E-state index is 12.8. The van der Waals surface area contributed by atoms with E-state index in [1.54, 1.807) is 48.7 Å². The van der Waals surface area contributed by atoms with Crippen molar-refractivity contribution in [2.75, 3.05) is 0 Å². The third kappa shape index (κ3) is 2.83. The minimum absolute atomic E-state index is 0.245. The first-order valence-electron chi connectivity index (χ1n) is 7.07. The molecule has 5 heteroatoms. The van der Waals surface area contributed by atoms with Crippen LogP contribution in [0.5, 0.6) is 0 Å². The van der Waals surface area contributed by atoms with Gasteiger partial charge in [0, 0.05) is 11.6 Å². The van der Waals surface area contributed by atoms with Gasteiger partial charge in [-0.3, -0.25) is 4.79 Å². The quantitative estimate of drug-likeness (QED) is 0.546. The Morgan fingerprint density at radius 2 is 1.74 bits per heavy atom. The largest absolute Gasteiger partial charge is 0.299 e. The third-order valence-electron chi connectivity index (χ3n) is 3.63. The summed E-state index contributed by atoms with van der Waals surface area (Å²) in [6.07, 6.45) is 5.25. The molecule has 0 aliphatic carbocycles. The number of hydrogen-bond acceptors (Lipinski definition) is 3. The summed E-state index contributed by atoms with van der Waals surface area (Å²) in [7, 11) is -3.65. The molecule has 0 amide bonds. The van der Waals surface area contributed by atoms with Crippen LogP contribution < -0.4 is 0 Å². The minimum atomic E-state index is -3.65.